The molecule has 0 saturated carbocycles. The monoisotopic (exact) mass is 418 g/mol. The number of hydrogen-bond acceptors (Lipinski definition) is 5. The van der Waals surface area contributed by atoms with Crippen molar-refractivity contribution in [2.24, 2.45) is 11.0 Å². The molecule has 2 atom stereocenters. The van der Waals surface area contributed by atoms with Crippen LogP contribution in [0.15, 0.2) is 46.3 Å². The molecule has 0 bridgehead atoms. The Morgan fingerprint density at radius 3 is 2.90 bits per heavy atom. The maximum Gasteiger partial charge on any atom is 0.251 e. The third-order valence-electron chi connectivity index (χ3n) is 5.09. The molecule has 152 valence electrons. The molecule has 0 spiro atoms. The van der Waals surface area contributed by atoms with Crippen molar-refractivity contribution in [2.75, 3.05) is 19.7 Å². The maximum absolute atomic E-state index is 14.0. The summed E-state index contributed by atoms with van der Waals surface area (Å²) in [6.45, 7) is 2.03. The summed E-state index contributed by atoms with van der Waals surface area (Å²) < 4.78 is 21.6. The van der Waals surface area contributed by atoms with Crippen LogP contribution in [0.4, 0.5) is 4.39 Å². The molecular weight excluding hydrogens is 399 g/mol. The van der Waals surface area contributed by atoms with Gasteiger partial charge in [0.05, 0.1) is 35.6 Å². The molecule has 29 heavy (non-hydrogen) atoms. The predicted octanol–water partition coefficient (Wildman–Crippen LogP) is 1.84. The fourth-order valence-electron chi connectivity index (χ4n) is 3.71. The van der Waals surface area contributed by atoms with Crippen LogP contribution >= 0.6 is 11.6 Å². The number of ether oxygens (including phenoxy) is 1. The summed E-state index contributed by atoms with van der Waals surface area (Å²) in [5.74, 6) is -0.870. The summed E-state index contributed by atoms with van der Waals surface area (Å²) in [5.41, 5.74) is 3.99. The van der Waals surface area contributed by atoms with Crippen molar-refractivity contribution >= 4 is 23.2 Å². The molecule has 1 aromatic heterocycles. The highest BCUT2D eigenvalue weighted by molar-refractivity contribution is 6.30. The Balaban J connectivity index is 1.68. The predicted molar refractivity (Wildman–Crippen MR) is 106 cm³/mol. The highest BCUT2D eigenvalue weighted by atomic mass is 35.5. The molecule has 0 aliphatic carbocycles. The van der Waals surface area contributed by atoms with Crippen molar-refractivity contribution < 1.29 is 13.9 Å². The third kappa shape index (κ3) is 4.24. The van der Waals surface area contributed by atoms with Gasteiger partial charge in [-0.2, -0.15) is 5.10 Å². The number of carbonyl (C=O) groups excluding carboxylic acids is 1. The van der Waals surface area contributed by atoms with E-state index in [9.17, 15) is 14.0 Å². The molecule has 0 radical (unpaired) electrons. The topological polar surface area (TPSA) is 84.7 Å². The van der Waals surface area contributed by atoms with Crippen LogP contribution in [-0.2, 0) is 16.1 Å². The minimum Gasteiger partial charge on any atom is -0.372 e. The van der Waals surface area contributed by atoms with Gasteiger partial charge in [0, 0.05) is 31.6 Å². The Morgan fingerprint density at radius 2 is 2.14 bits per heavy atom. The molecule has 4 rings (SSSR count). The number of hydrogen-bond donors (Lipinski definition) is 2. The van der Waals surface area contributed by atoms with Gasteiger partial charge in [0.2, 0.25) is 5.91 Å². The van der Waals surface area contributed by atoms with Crippen molar-refractivity contribution in [2.45, 2.75) is 19.1 Å². The summed E-state index contributed by atoms with van der Waals surface area (Å²) >= 11 is 5.82. The standard InChI is InChI=1S/C20H20ClFN4O3/c21-14-5-4-12(8-15(14)22)20-13(10-23-6-7-29-20)11-26-17(2-1-3-19(26)28)16-9-18(27)25-24-16/h1-5,8,13,20,23H,6-7,9-11H2,(H,25,27)/t13-,20-/m0/s1. The van der Waals surface area contributed by atoms with Crippen molar-refractivity contribution in [1.29, 1.82) is 0 Å². The SMILES string of the molecule is O=C1CC(c2cccc(=O)n2C[C@@H]2CNCCO[C@H]2c2ccc(Cl)c(F)c2)=NN1. The van der Waals surface area contributed by atoms with E-state index in [1.807, 2.05) is 0 Å². The lowest BCUT2D eigenvalue weighted by Gasteiger charge is -2.27. The van der Waals surface area contributed by atoms with E-state index in [0.29, 0.717) is 43.2 Å². The van der Waals surface area contributed by atoms with Crippen molar-refractivity contribution in [3.05, 3.63) is 68.8 Å². The smallest absolute Gasteiger partial charge is 0.251 e. The normalized spacial score (nSPS) is 22.1. The maximum atomic E-state index is 14.0. The number of nitrogens with zero attached hydrogens (tertiary/aromatic N) is 2. The van der Waals surface area contributed by atoms with Crippen LogP contribution in [0.5, 0.6) is 0 Å². The molecule has 1 aromatic carbocycles. The van der Waals surface area contributed by atoms with Crippen LogP contribution in [0.25, 0.3) is 0 Å². The summed E-state index contributed by atoms with van der Waals surface area (Å²) in [7, 11) is 0. The van der Waals surface area contributed by atoms with Gasteiger partial charge in [-0.25, -0.2) is 9.82 Å². The molecule has 2 aromatic rings. The van der Waals surface area contributed by atoms with Crippen LogP contribution in [0.3, 0.4) is 0 Å². The Bertz CT molecular complexity index is 1020. The number of benzene rings is 1. The van der Waals surface area contributed by atoms with Crippen LogP contribution in [0.2, 0.25) is 5.02 Å². The zero-order valence-corrected chi connectivity index (χ0v) is 16.3. The van der Waals surface area contributed by atoms with E-state index in [2.05, 4.69) is 15.8 Å². The van der Waals surface area contributed by atoms with Crippen LogP contribution in [-0.4, -0.2) is 35.9 Å². The molecule has 1 fully saturated rings. The van der Waals surface area contributed by atoms with Gasteiger partial charge in [-0.05, 0) is 23.8 Å². The van der Waals surface area contributed by atoms with Gasteiger partial charge in [0.15, 0.2) is 0 Å². The summed E-state index contributed by atoms with van der Waals surface area (Å²) in [6.07, 6.45) is -0.295. The quantitative estimate of drug-likeness (QED) is 0.793. The van der Waals surface area contributed by atoms with Crippen LogP contribution in [0.1, 0.15) is 23.8 Å². The first-order valence-corrected chi connectivity index (χ1v) is 9.73. The second kappa shape index (κ2) is 8.44. The number of aromatic nitrogens is 1. The fourth-order valence-corrected chi connectivity index (χ4v) is 3.83. The Hall–Kier alpha value is -2.55. The molecule has 9 heteroatoms. The Labute approximate surface area is 171 Å². The number of halogens is 2. The minimum absolute atomic E-state index is 0.0509. The first-order chi connectivity index (χ1) is 14.0. The van der Waals surface area contributed by atoms with Crippen molar-refractivity contribution in [3.8, 4) is 0 Å². The Morgan fingerprint density at radius 1 is 1.28 bits per heavy atom. The lowest BCUT2D eigenvalue weighted by molar-refractivity contribution is -0.119. The van der Waals surface area contributed by atoms with Gasteiger partial charge in [-0.3, -0.25) is 9.59 Å². The molecule has 2 N–H and O–H groups in total. The van der Waals surface area contributed by atoms with Gasteiger partial charge >= 0.3 is 0 Å². The fraction of sp³-hybridized carbons (Fsp3) is 0.350. The molecule has 7 nitrogen and oxygen atoms in total. The van der Waals surface area contributed by atoms with Crippen molar-refractivity contribution in [1.82, 2.24) is 15.3 Å². The molecule has 2 aliphatic heterocycles. The highest BCUT2D eigenvalue weighted by Crippen LogP contribution is 2.31. The number of hydrazone groups is 1. The van der Waals surface area contributed by atoms with Gasteiger partial charge in [0.1, 0.15) is 5.82 Å². The molecule has 3 heterocycles. The number of carbonyl (C=O) groups is 1. The lowest BCUT2D eigenvalue weighted by Crippen LogP contribution is -2.34. The first-order valence-electron chi connectivity index (χ1n) is 9.36. The number of pyridine rings is 1. The second-order valence-corrected chi connectivity index (χ2v) is 7.47. The van der Waals surface area contributed by atoms with Crippen molar-refractivity contribution in [3.63, 3.8) is 0 Å². The molecule has 0 unspecified atom stereocenters. The third-order valence-corrected chi connectivity index (χ3v) is 5.40. The minimum atomic E-state index is -0.508. The van der Waals surface area contributed by atoms with Gasteiger partial charge < -0.3 is 14.6 Å². The number of amides is 1. The van der Waals surface area contributed by atoms with Gasteiger partial charge in [-0.15, -0.1) is 0 Å². The summed E-state index contributed by atoms with van der Waals surface area (Å²) in [4.78, 5) is 24.2. The van der Waals surface area contributed by atoms with Crippen LogP contribution < -0.4 is 16.3 Å². The summed E-state index contributed by atoms with van der Waals surface area (Å²) in [6, 6.07) is 9.51. The number of rotatable bonds is 4. The molecular formula is C20H20ClFN4O3. The average molecular weight is 419 g/mol. The highest BCUT2D eigenvalue weighted by Gasteiger charge is 2.29. The van der Waals surface area contributed by atoms with E-state index in [1.165, 1.54) is 18.2 Å². The first kappa shape index (κ1) is 19.8. The van der Waals surface area contributed by atoms with Crippen LogP contribution in [0, 0.1) is 11.7 Å². The van der Waals surface area contributed by atoms with E-state index < -0.39 is 11.9 Å². The summed E-state index contributed by atoms with van der Waals surface area (Å²) in [5, 5.41) is 7.40. The zero-order chi connectivity index (χ0) is 20.4. The molecule has 1 amide bonds. The Kier molecular flexibility index (Phi) is 5.75. The van der Waals surface area contributed by atoms with E-state index in [4.69, 9.17) is 16.3 Å². The van der Waals surface area contributed by atoms with Gasteiger partial charge in [-0.1, -0.05) is 23.7 Å². The zero-order valence-electron chi connectivity index (χ0n) is 15.5. The largest absolute Gasteiger partial charge is 0.372 e. The second-order valence-electron chi connectivity index (χ2n) is 7.06. The van der Waals surface area contributed by atoms with Gasteiger partial charge in [0.25, 0.3) is 5.56 Å². The van der Waals surface area contributed by atoms with E-state index >= 15 is 0 Å². The molecule has 2 aliphatic rings. The molecule has 1 saturated heterocycles. The average Bonchev–Trinajstić information content (AvgIpc) is 3.00. The van der Waals surface area contributed by atoms with E-state index in [0.717, 1.165) is 0 Å². The number of nitrogens with one attached hydrogen (secondary N) is 2. The van der Waals surface area contributed by atoms with E-state index in [1.54, 1.807) is 22.8 Å². The van der Waals surface area contributed by atoms with E-state index in [-0.39, 0.29) is 28.8 Å². The lowest BCUT2D eigenvalue weighted by atomic mass is 9.94.